The Labute approximate surface area is 240 Å². The first kappa shape index (κ1) is 26.9. The first-order valence-corrected chi connectivity index (χ1v) is 15.0. The number of anilines is 1. The number of hydrogen-bond acceptors (Lipinski definition) is 6. The number of rotatable bonds is 6. The maximum atomic E-state index is 13.6. The molecule has 6 nitrogen and oxygen atoms in total. The van der Waals surface area contributed by atoms with Gasteiger partial charge in [0.15, 0.2) is 10.9 Å². The second kappa shape index (κ2) is 11.2. The zero-order valence-corrected chi connectivity index (χ0v) is 24.3. The highest BCUT2D eigenvalue weighted by Crippen LogP contribution is 2.38. The normalized spacial score (nSPS) is 15.8. The Bertz CT molecular complexity index is 1700. The first-order chi connectivity index (χ1) is 18.7. The smallest absolute Gasteiger partial charge is 0.339 e. The quantitative estimate of drug-likeness (QED) is 0.164. The molecule has 1 aliphatic heterocycles. The second-order valence-electron chi connectivity index (χ2n) is 8.86. The molecule has 1 fully saturated rings. The number of amidine groups is 1. The van der Waals surface area contributed by atoms with Crippen molar-refractivity contribution >= 4 is 66.3 Å². The number of carbonyl (C=O) groups excluding carboxylic acids is 1. The van der Waals surface area contributed by atoms with Crippen molar-refractivity contribution in [1.82, 2.24) is 0 Å². The van der Waals surface area contributed by atoms with Crippen LogP contribution in [0.5, 0.6) is 5.75 Å². The van der Waals surface area contributed by atoms with Gasteiger partial charge in [0, 0.05) is 0 Å². The highest BCUT2D eigenvalue weighted by Gasteiger charge is 2.34. The molecule has 0 N–H and O–H groups in total. The van der Waals surface area contributed by atoms with E-state index in [0.29, 0.717) is 20.1 Å². The van der Waals surface area contributed by atoms with E-state index in [-0.39, 0.29) is 16.6 Å². The molecule has 0 aliphatic carbocycles. The molecule has 0 saturated carbocycles. The summed E-state index contributed by atoms with van der Waals surface area (Å²) in [7, 11) is -3.99. The van der Waals surface area contributed by atoms with Gasteiger partial charge in [-0.2, -0.15) is 8.42 Å². The van der Waals surface area contributed by atoms with E-state index >= 15 is 0 Å². The Morgan fingerprint density at radius 2 is 1.51 bits per heavy atom. The molecule has 0 aromatic heterocycles. The lowest BCUT2D eigenvalue weighted by Crippen LogP contribution is -2.28. The minimum atomic E-state index is -3.99. The molecular formula is C30H23BrN2O4S2. The fraction of sp³-hybridized carbons (Fsp3) is 0.0667. The average molecular weight is 620 g/mol. The van der Waals surface area contributed by atoms with Crippen LogP contribution < -0.4 is 9.08 Å². The van der Waals surface area contributed by atoms with Gasteiger partial charge in [0.05, 0.1) is 20.8 Å². The van der Waals surface area contributed by atoms with Crippen molar-refractivity contribution in [2.45, 2.75) is 18.7 Å². The van der Waals surface area contributed by atoms with Crippen LogP contribution >= 0.6 is 27.7 Å². The van der Waals surface area contributed by atoms with Gasteiger partial charge in [-0.05, 0) is 102 Å². The fourth-order valence-electron chi connectivity index (χ4n) is 3.78. The van der Waals surface area contributed by atoms with E-state index in [2.05, 4.69) is 15.9 Å². The van der Waals surface area contributed by atoms with E-state index in [1.54, 1.807) is 47.4 Å². The predicted molar refractivity (Wildman–Crippen MR) is 161 cm³/mol. The van der Waals surface area contributed by atoms with Crippen molar-refractivity contribution in [2.24, 2.45) is 4.99 Å². The maximum Gasteiger partial charge on any atom is 0.339 e. The first-order valence-electron chi connectivity index (χ1n) is 11.9. The van der Waals surface area contributed by atoms with Crippen LogP contribution in [0.3, 0.4) is 0 Å². The lowest BCUT2D eigenvalue weighted by atomic mass is 10.2. The standard InChI is InChI=1S/C30H23BrN2O4S2/c1-20-8-13-23(14-9-20)32-30-33(24-15-10-21(2)11-16-24)29(34)28(38-30)19-22-12-17-27(26(31)18-22)37-39(35,36)25-6-4-3-5-7-25/h3-19H,1-2H3/b28-19-,32-30?. The summed E-state index contributed by atoms with van der Waals surface area (Å²) in [4.78, 5) is 20.5. The molecule has 0 spiro atoms. The van der Waals surface area contributed by atoms with Crippen LogP contribution in [0.2, 0.25) is 0 Å². The molecule has 5 rings (SSSR count). The van der Waals surface area contributed by atoms with Crippen molar-refractivity contribution in [1.29, 1.82) is 0 Å². The third-order valence-electron chi connectivity index (χ3n) is 5.84. The largest absolute Gasteiger partial charge is 0.378 e. The van der Waals surface area contributed by atoms with Gasteiger partial charge in [0.2, 0.25) is 0 Å². The molecule has 0 radical (unpaired) electrons. The van der Waals surface area contributed by atoms with E-state index in [1.807, 2.05) is 62.4 Å². The monoisotopic (exact) mass is 618 g/mol. The summed E-state index contributed by atoms with van der Waals surface area (Å²) in [6, 6.07) is 28.4. The summed E-state index contributed by atoms with van der Waals surface area (Å²) in [5, 5.41) is 0.548. The van der Waals surface area contributed by atoms with Crippen LogP contribution in [0.15, 0.2) is 116 Å². The number of aliphatic imine (C=N–C) groups is 1. The Kier molecular flexibility index (Phi) is 7.74. The molecule has 0 atom stereocenters. The molecule has 1 amide bonds. The Hall–Kier alpha value is -3.66. The Morgan fingerprint density at radius 3 is 2.15 bits per heavy atom. The third kappa shape index (κ3) is 6.16. The molecule has 1 heterocycles. The molecule has 196 valence electrons. The van der Waals surface area contributed by atoms with Crippen molar-refractivity contribution in [3.63, 3.8) is 0 Å². The molecular weight excluding hydrogens is 596 g/mol. The second-order valence-corrected chi connectivity index (χ2v) is 12.3. The van der Waals surface area contributed by atoms with Crippen LogP contribution in [-0.2, 0) is 14.9 Å². The van der Waals surface area contributed by atoms with Crippen LogP contribution in [0.4, 0.5) is 11.4 Å². The van der Waals surface area contributed by atoms with Gasteiger partial charge in [-0.15, -0.1) is 0 Å². The SMILES string of the molecule is Cc1ccc(N=C2S/C(=C\c3ccc(OS(=O)(=O)c4ccccc4)c(Br)c3)C(=O)N2c2ccc(C)cc2)cc1. The number of nitrogens with zero attached hydrogens (tertiary/aromatic N) is 2. The summed E-state index contributed by atoms with van der Waals surface area (Å²) in [6.07, 6.45) is 1.76. The number of carbonyl (C=O) groups is 1. The third-order valence-corrected chi connectivity index (χ3v) is 8.68. The van der Waals surface area contributed by atoms with Gasteiger partial charge in [-0.25, -0.2) is 4.99 Å². The molecule has 0 bridgehead atoms. The van der Waals surface area contributed by atoms with Gasteiger partial charge in [-0.1, -0.05) is 59.7 Å². The molecule has 0 unspecified atom stereocenters. The van der Waals surface area contributed by atoms with Gasteiger partial charge in [-0.3, -0.25) is 9.69 Å². The lowest BCUT2D eigenvalue weighted by molar-refractivity contribution is -0.113. The van der Waals surface area contributed by atoms with Gasteiger partial charge < -0.3 is 4.18 Å². The van der Waals surface area contributed by atoms with Crippen molar-refractivity contribution < 1.29 is 17.4 Å². The summed E-state index contributed by atoms with van der Waals surface area (Å²) < 4.78 is 31.1. The minimum Gasteiger partial charge on any atom is -0.378 e. The highest BCUT2D eigenvalue weighted by molar-refractivity contribution is 9.10. The molecule has 4 aromatic carbocycles. The van der Waals surface area contributed by atoms with E-state index in [0.717, 1.165) is 22.5 Å². The lowest BCUT2D eigenvalue weighted by Gasteiger charge is -2.16. The number of amides is 1. The van der Waals surface area contributed by atoms with Crippen LogP contribution in [0.1, 0.15) is 16.7 Å². The van der Waals surface area contributed by atoms with Gasteiger partial charge in [0.1, 0.15) is 4.90 Å². The molecule has 1 saturated heterocycles. The van der Waals surface area contributed by atoms with Crippen molar-refractivity contribution in [3.8, 4) is 5.75 Å². The number of hydrogen-bond donors (Lipinski definition) is 0. The molecule has 9 heteroatoms. The summed E-state index contributed by atoms with van der Waals surface area (Å²) in [5.74, 6) is -0.0490. The van der Waals surface area contributed by atoms with Crippen LogP contribution in [0.25, 0.3) is 6.08 Å². The number of benzene rings is 4. The van der Waals surface area contributed by atoms with E-state index < -0.39 is 10.1 Å². The number of halogens is 1. The number of aryl methyl sites for hydroxylation is 2. The highest BCUT2D eigenvalue weighted by atomic mass is 79.9. The van der Waals surface area contributed by atoms with Gasteiger partial charge >= 0.3 is 10.1 Å². The molecule has 39 heavy (non-hydrogen) atoms. The van der Waals surface area contributed by atoms with Gasteiger partial charge in [0.25, 0.3) is 5.91 Å². The summed E-state index contributed by atoms with van der Waals surface area (Å²) >= 11 is 4.69. The summed E-state index contributed by atoms with van der Waals surface area (Å²) in [5.41, 5.74) is 4.39. The van der Waals surface area contributed by atoms with E-state index in [9.17, 15) is 13.2 Å². The zero-order valence-electron chi connectivity index (χ0n) is 21.0. The summed E-state index contributed by atoms with van der Waals surface area (Å²) in [6.45, 7) is 4.00. The molecule has 4 aromatic rings. The van der Waals surface area contributed by atoms with Crippen LogP contribution in [-0.4, -0.2) is 19.5 Å². The topological polar surface area (TPSA) is 76.0 Å². The van der Waals surface area contributed by atoms with E-state index in [1.165, 1.54) is 23.9 Å². The Morgan fingerprint density at radius 1 is 0.872 bits per heavy atom. The maximum absolute atomic E-state index is 13.6. The fourth-order valence-corrected chi connectivity index (χ4v) is 6.33. The van der Waals surface area contributed by atoms with Crippen molar-refractivity contribution in [2.75, 3.05) is 4.90 Å². The zero-order chi connectivity index (χ0) is 27.6. The van der Waals surface area contributed by atoms with Crippen LogP contribution in [0, 0.1) is 13.8 Å². The molecule has 1 aliphatic rings. The minimum absolute atomic E-state index is 0.0626. The number of thioether (sulfide) groups is 1. The average Bonchev–Trinajstić information content (AvgIpc) is 3.22. The predicted octanol–water partition coefficient (Wildman–Crippen LogP) is 7.64. The van der Waals surface area contributed by atoms with E-state index in [4.69, 9.17) is 9.18 Å². The Balaban J connectivity index is 1.46. The van der Waals surface area contributed by atoms with Crippen molar-refractivity contribution in [3.05, 3.63) is 123 Å².